The molecule has 2 amide bonds. The molecule has 0 unspecified atom stereocenters. The molecular weight excluding hydrogens is 384 g/mol. The average molecular weight is 408 g/mol. The second-order valence-corrected chi connectivity index (χ2v) is 6.45. The Labute approximate surface area is 174 Å². The van der Waals surface area contributed by atoms with Gasteiger partial charge >= 0.3 is 0 Å². The molecule has 2 N–H and O–H groups in total. The average Bonchev–Trinajstić information content (AvgIpc) is 3.23. The number of amides is 2. The van der Waals surface area contributed by atoms with Crippen LogP contribution in [0.4, 0.5) is 5.69 Å². The van der Waals surface area contributed by atoms with Gasteiger partial charge in [-0.3, -0.25) is 9.59 Å². The maximum atomic E-state index is 12.2. The zero-order chi connectivity index (χ0) is 21.3. The summed E-state index contributed by atoms with van der Waals surface area (Å²) in [5.74, 6) is 1.31. The number of carbonyl (C=O) groups is 2. The first-order chi connectivity index (χ1) is 14.6. The SMILES string of the molecule is CCNC(=O)c1ccc(NC(=O)CCc2nc(-c3ccc(OCC)cc3)no2)cc1. The number of aromatic nitrogens is 2. The summed E-state index contributed by atoms with van der Waals surface area (Å²) in [6.45, 7) is 4.95. The Hall–Kier alpha value is -3.68. The number of nitrogens with one attached hydrogen (secondary N) is 2. The normalized spacial score (nSPS) is 10.5. The molecule has 0 bridgehead atoms. The van der Waals surface area contributed by atoms with Crippen molar-refractivity contribution in [1.29, 1.82) is 0 Å². The van der Waals surface area contributed by atoms with Gasteiger partial charge in [-0.1, -0.05) is 5.16 Å². The number of anilines is 1. The summed E-state index contributed by atoms with van der Waals surface area (Å²) < 4.78 is 10.7. The Balaban J connectivity index is 1.51. The largest absolute Gasteiger partial charge is 0.494 e. The summed E-state index contributed by atoms with van der Waals surface area (Å²) in [6, 6.07) is 14.1. The van der Waals surface area contributed by atoms with Gasteiger partial charge in [0.1, 0.15) is 5.75 Å². The minimum absolute atomic E-state index is 0.143. The highest BCUT2D eigenvalue weighted by Gasteiger charge is 2.11. The van der Waals surface area contributed by atoms with E-state index in [0.29, 0.717) is 42.5 Å². The van der Waals surface area contributed by atoms with E-state index in [1.54, 1.807) is 24.3 Å². The van der Waals surface area contributed by atoms with Crippen molar-refractivity contribution in [3.8, 4) is 17.1 Å². The molecule has 8 heteroatoms. The molecule has 0 saturated carbocycles. The maximum Gasteiger partial charge on any atom is 0.251 e. The molecule has 3 rings (SSSR count). The Bertz CT molecular complexity index is 981. The molecule has 0 atom stereocenters. The fourth-order valence-corrected chi connectivity index (χ4v) is 2.75. The van der Waals surface area contributed by atoms with E-state index in [1.807, 2.05) is 38.1 Å². The Morgan fingerprint density at radius 2 is 1.77 bits per heavy atom. The number of benzene rings is 2. The van der Waals surface area contributed by atoms with Crippen molar-refractivity contribution < 1.29 is 18.8 Å². The van der Waals surface area contributed by atoms with Gasteiger partial charge < -0.3 is 19.9 Å². The minimum atomic E-state index is -0.179. The zero-order valence-electron chi connectivity index (χ0n) is 17.0. The molecule has 0 spiro atoms. The molecule has 156 valence electrons. The van der Waals surface area contributed by atoms with Crippen LogP contribution in [0.15, 0.2) is 53.1 Å². The second-order valence-electron chi connectivity index (χ2n) is 6.45. The van der Waals surface area contributed by atoms with Gasteiger partial charge in [-0.25, -0.2) is 0 Å². The predicted molar refractivity (Wildman–Crippen MR) is 112 cm³/mol. The van der Waals surface area contributed by atoms with E-state index in [0.717, 1.165) is 11.3 Å². The number of carbonyl (C=O) groups excluding carboxylic acids is 2. The molecule has 2 aromatic carbocycles. The van der Waals surface area contributed by atoms with Gasteiger partial charge in [0, 0.05) is 36.2 Å². The van der Waals surface area contributed by atoms with Crippen LogP contribution in [0.25, 0.3) is 11.4 Å². The van der Waals surface area contributed by atoms with Gasteiger partial charge in [0.2, 0.25) is 17.6 Å². The maximum absolute atomic E-state index is 12.2. The van der Waals surface area contributed by atoms with Crippen molar-refractivity contribution in [2.45, 2.75) is 26.7 Å². The molecule has 8 nitrogen and oxygen atoms in total. The van der Waals surface area contributed by atoms with Crippen molar-refractivity contribution in [2.24, 2.45) is 0 Å². The monoisotopic (exact) mass is 408 g/mol. The molecule has 0 aliphatic rings. The fourth-order valence-electron chi connectivity index (χ4n) is 2.75. The molecule has 0 radical (unpaired) electrons. The van der Waals surface area contributed by atoms with E-state index in [-0.39, 0.29) is 18.2 Å². The number of nitrogens with zero attached hydrogens (tertiary/aromatic N) is 2. The van der Waals surface area contributed by atoms with Crippen LogP contribution in [-0.2, 0) is 11.2 Å². The number of hydrogen-bond donors (Lipinski definition) is 2. The van der Waals surface area contributed by atoms with Gasteiger partial charge in [-0.2, -0.15) is 4.98 Å². The highest BCUT2D eigenvalue weighted by Crippen LogP contribution is 2.20. The van der Waals surface area contributed by atoms with Crippen molar-refractivity contribution >= 4 is 17.5 Å². The molecule has 0 aliphatic carbocycles. The molecule has 0 fully saturated rings. The predicted octanol–water partition coefficient (Wildman–Crippen LogP) is 3.46. The number of ether oxygens (including phenoxy) is 1. The van der Waals surface area contributed by atoms with Crippen molar-refractivity contribution in [1.82, 2.24) is 15.5 Å². The van der Waals surface area contributed by atoms with Gasteiger partial charge in [-0.15, -0.1) is 0 Å². The molecule has 1 heterocycles. The lowest BCUT2D eigenvalue weighted by Gasteiger charge is -2.06. The molecule has 0 saturated heterocycles. The molecular formula is C22H24N4O4. The van der Waals surface area contributed by atoms with Gasteiger partial charge in [0.05, 0.1) is 6.61 Å². The number of rotatable bonds is 9. The minimum Gasteiger partial charge on any atom is -0.494 e. The lowest BCUT2D eigenvalue weighted by Crippen LogP contribution is -2.22. The summed E-state index contributed by atoms with van der Waals surface area (Å²) in [4.78, 5) is 28.3. The summed E-state index contributed by atoms with van der Waals surface area (Å²) in [5.41, 5.74) is 1.97. The molecule has 0 aliphatic heterocycles. The fraction of sp³-hybridized carbons (Fsp3) is 0.273. The lowest BCUT2D eigenvalue weighted by molar-refractivity contribution is -0.116. The van der Waals surface area contributed by atoms with Crippen LogP contribution in [0.3, 0.4) is 0 Å². The highest BCUT2D eigenvalue weighted by atomic mass is 16.5. The summed E-state index contributed by atoms with van der Waals surface area (Å²) in [7, 11) is 0. The third kappa shape index (κ3) is 5.66. The second kappa shape index (κ2) is 10.2. The Morgan fingerprint density at radius 3 is 2.43 bits per heavy atom. The van der Waals surface area contributed by atoms with Crippen LogP contribution in [0.1, 0.15) is 36.5 Å². The van der Waals surface area contributed by atoms with Gasteiger partial charge in [0.25, 0.3) is 5.91 Å². The Kier molecular flexibility index (Phi) is 7.15. The third-order valence-electron chi connectivity index (χ3n) is 4.23. The van der Waals surface area contributed by atoms with Crippen molar-refractivity contribution in [3.05, 3.63) is 60.0 Å². The van der Waals surface area contributed by atoms with Crippen LogP contribution in [0.5, 0.6) is 5.75 Å². The van der Waals surface area contributed by atoms with Gasteiger partial charge in [0.15, 0.2) is 0 Å². The topological polar surface area (TPSA) is 106 Å². The van der Waals surface area contributed by atoms with E-state index >= 15 is 0 Å². The first kappa shape index (κ1) is 21.0. The smallest absolute Gasteiger partial charge is 0.251 e. The standard InChI is InChI=1S/C22H24N4O4/c1-3-23-22(28)16-5-9-17(10-6-16)24-19(27)13-14-20-25-21(26-30-20)15-7-11-18(12-8-15)29-4-2/h5-12H,3-4,13-14H2,1-2H3,(H,23,28)(H,24,27). The van der Waals surface area contributed by atoms with E-state index < -0.39 is 0 Å². The highest BCUT2D eigenvalue weighted by molar-refractivity contribution is 5.95. The van der Waals surface area contributed by atoms with Crippen LogP contribution in [0, 0.1) is 0 Å². The van der Waals surface area contributed by atoms with E-state index in [1.165, 1.54) is 0 Å². The van der Waals surface area contributed by atoms with Crippen LogP contribution < -0.4 is 15.4 Å². The molecule has 3 aromatic rings. The quantitative estimate of drug-likeness (QED) is 0.562. The summed E-state index contributed by atoms with van der Waals surface area (Å²) >= 11 is 0. The van der Waals surface area contributed by atoms with Crippen LogP contribution in [-0.4, -0.2) is 35.1 Å². The first-order valence-electron chi connectivity index (χ1n) is 9.83. The van der Waals surface area contributed by atoms with Crippen LogP contribution >= 0.6 is 0 Å². The third-order valence-corrected chi connectivity index (χ3v) is 4.23. The van der Waals surface area contributed by atoms with E-state index in [2.05, 4.69) is 20.8 Å². The van der Waals surface area contributed by atoms with Gasteiger partial charge in [-0.05, 0) is 62.4 Å². The summed E-state index contributed by atoms with van der Waals surface area (Å²) in [5, 5.41) is 9.49. The zero-order valence-corrected chi connectivity index (χ0v) is 17.0. The molecule has 1 aromatic heterocycles. The lowest BCUT2D eigenvalue weighted by atomic mass is 10.2. The Morgan fingerprint density at radius 1 is 1.03 bits per heavy atom. The van der Waals surface area contributed by atoms with Crippen LogP contribution in [0.2, 0.25) is 0 Å². The number of hydrogen-bond acceptors (Lipinski definition) is 6. The first-order valence-corrected chi connectivity index (χ1v) is 9.83. The van der Waals surface area contributed by atoms with Crippen molar-refractivity contribution in [3.63, 3.8) is 0 Å². The summed E-state index contributed by atoms with van der Waals surface area (Å²) in [6.07, 6.45) is 0.524. The van der Waals surface area contributed by atoms with E-state index in [9.17, 15) is 9.59 Å². The van der Waals surface area contributed by atoms with E-state index in [4.69, 9.17) is 9.26 Å². The molecule has 30 heavy (non-hydrogen) atoms. The van der Waals surface area contributed by atoms with Crippen molar-refractivity contribution in [2.75, 3.05) is 18.5 Å². The number of aryl methyl sites for hydroxylation is 1.